The van der Waals surface area contributed by atoms with Crippen molar-refractivity contribution in [1.29, 1.82) is 5.26 Å². The number of carbonyl (C=O) groups is 1. The van der Waals surface area contributed by atoms with Gasteiger partial charge in [-0.05, 0) is 26.7 Å². The van der Waals surface area contributed by atoms with E-state index in [4.69, 9.17) is 10.4 Å². The van der Waals surface area contributed by atoms with E-state index in [1.54, 1.807) is 0 Å². The number of rotatable bonds is 6. The summed E-state index contributed by atoms with van der Waals surface area (Å²) in [6.45, 7) is 3.63. The Bertz CT molecular complexity index is 268. The largest absolute Gasteiger partial charge is 0.481 e. The summed E-state index contributed by atoms with van der Waals surface area (Å²) < 4.78 is 11.1. The summed E-state index contributed by atoms with van der Waals surface area (Å²) in [6.07, 6.45) is 1.27. The van der Waals surface area contributed by atoms with Crippen LogP contribution in [0.3, 0.4) is 0 Å². The van der Waals surface area contributed by atoms with Gasteiger partial charge in [0, 0.05) is 16.6 Å². The van der Waals surface area contributed by atoms with Crippen LogP contribution in [0.4, 0.5) is 0 Å². The van der Waals surface area contributed by atoms with Crippen molar-refractivity contribution in [3.05, 3.63) is 0 Å². The zero-order chi connectivity index (χ0) is 11.2. The Hall–Kier alpha value is -0.890. The summed E-state index contributed by atoms with van der Waals surface area (Å²) in [4.78, 5) is 10.2. The second-order valence-corrected chi connectivity index (χ2v) is 5.36. The fourth-order valence-corrected chi connectivity index (χ4v) is 1.83. The topological polar surface area (TPSA) is 78.2 Å². The monoisotopic (exact) mass is 217 g/mol. The number of hydrogen-bond acceptors (Lipinski definition) is 3. The van der Waals surface area contributed by atoms with Gasteiger partial charge in [-0.15, -0.1) is 0 Å². The number of nitrogens with zero attached hydrogens (tertiary/aromatic N) is 1. The Labute approximate surface area is 86.4 Å². The highest BCUT2D eigenvalue weighted by molar-refractivity contribution is 7.85. The Balaban J connectivity index is 3.71. The molecule has 0 amide bonds. The molecule has 0 bridgehead atoms. The van der Waals surface area contributed by atoms with Crippen LogP contribution in [0.5, 0.6) is 0 Å². The lowest BCUT2D eigenvalue weighted by Gasteiger charge is -2.13. The molecule has 0 aromatic carbocycles. The van der Waals surface area contributed by atoms with Crippen molar-refractivity contribution < 1.29 is 14.1 Å². The van der Waals surface area contributed by atoms with Crippen molar-refractivity contribution in [3.8, 4) is 6.07 Å². The van der Waals surface area contributed by atoms with Crippen molar-refractivity contribution in [2.75, 3.05) is 11.5 Å². The molecule has 0 aliphatic rings. The van der Waals surface area contributed by atoms with Gasteiger partial charge in [0.25, 0.3) is 0 Å². The Kier molecular flexibility index (Phi) is 5.39. The van der Waals surface area contributed by atoms with Crippen LogP contribution in [0.1, 0.15) is 26.7 Å². The molecule has 0 rings (SSSR count). The molecule has 0 aromatic heterocycles. The molecule has 1 N–H and O–H groups in total. The van der Waals surface area contributed by atoms with E-state index in [-0.39, 0.29) is 5.75 Å². The van der Waals surface area contributed by atoms with Crippen molar-refractivity contribution in [2.24, 2.45) is 5.41 Å². The third kappa shape index (κ3) is 6.61. The van der Waals surface area contributed by atoms with Gasteiger partial charge in [0.15, 0.2) is 0 Å². The summed E-state index contributed by atoms with van der Waals surface area (Å²) in [5, 5.41) is 17.0. The highest BCUT2D eigenvalue weighted by atomic mass is 32.2. The van der Waals surface area contributed by atoms with E-state index in [9.17, 15) is 9.00 Å². The molecular weight excluding hydrogens is 202 g/mol. The van der Waals surface area contributed by atoms with E-state index in [1.807, 2.05) is 13.8 Å². The lowest BCUT2D eigenvalue weighted by atomic mass is 9.90. The number of aliphatic carboxylic acids is 1. The smallest absolute Gasteiger partial charge is 0.316 e. The van der Waals surface area contributed by atoms with Gasteiger partial charge in [-0.1, -0.05) is 0 Å². The molecule has 4 nitrogen and oxygen atoms in total. The van der Waals surface area contributed by atoms with E-state index < -0.39 is 22.2 Å². The van der Waals surface area contributed by atoms with Crippen LogP contribution >= 0.6 is 0 Å². The predicted molar refractivity (Wildman–Crippen MR) is 54.1 cm³/mol. The van der Waals surface area contributed by atoms with E-state index >= 15 is 0 Å². The third-order valence-electron chi connectivity index (χ3n) is 1.76. The zero-order valence-corrected chi connectivity index (χ0v) is 9.26. The van der Waals surface area contributed by atoms with Crippen LogP contribution in [0.15, 0.2) is 0 Å². The maximum absolute atomic E-state index is 11.1. The molecule has 0 fully saturated rings. The van der Waals surface area contributed by atoms with Crippen molar-refractivity contribution in [3.63, 3.8) is 0 Å². The molecule has 0 saturated heterocycles. The highest BCUT2D eigenvalue weighted by Gasteiger charge is 2.16. The number of carboxylic acid groups (broad SMARTS) is 1. The summed E-state index contributed by atoms with van der Waals surface area (Å²) in [5.41, 5.74) is -0.409. The maximum Gasteiger partial charge on any atom is 0.316 e. The van der Waals surface area contributed by atoms with Crippen molar-refractivity contribution >= 4 is 16.8 Å². The van der Waals surface area contributed by atoms with E-state index in [0.717, 1.165) is 0 Å². The second-order valence-electron chi connectivity index (χ2n) is 3.78. The van der Waals surface area contributed by atoms with Crippen LogP contribution in [0.2, 0.25) is 0 Å². The standard InChI is InChI=1S/C9H15NO3S/c1-9(2,7-10)4-3-5-14(13)6-8(11)12/h3-6H2,1-2H3,(H,11,12). The van der Waals surface area contributed by atoms with Crippen LogP contribution in [0, 0.1) is 16.7 Å². The van der Waals surface area contributed by atoms with Gasteiger partial charge < -0.3 is 5.11 Å². The summed E-state index contributed by atoms with van der Waals surface area (Å²) in [5.74, 6) is -0.979. The molecule has 0 radical (unpaired) electrons. The van der Waals surface area contributed by atoms with E-state index in [1.165, 1.54) is 0 Å². The first-order chi connectivity index (χ1) is 6.37. The van der Waals surface area contributed by atoms with Gasteiger partial charge in [0.05, 0.1) is 11.5 Å². The lowest BCUT2D eigenvalue weighted by molar-refractivity contribution is -0.133. The van der Waals surface area contributed by atoms with Gasteiger partial charge >= 0.3 is 5.97 Å². The Morgan fingerprint density at radius 1 is 1.57 bits per heavy atom. The minimum absolute atomic E-state index is 0.299. The Morgan fingerprint density at radius 3 is 2.57 bits per heavy atom. The number of nitriles is 1. The molecule has 1 unspecified atom stereocenters. The first kappa shape index (κ1) is 13.1. The van der Waals surface area contributed by atoms with E-state index in [0.29, 0.717) is 18.6 Å². The van der Waals surface area contributed by atoms with Gasteiger partial charge in [-0.3, -0.25) is 9.00 Å². The van der Waals surface area contributed by atoms with Crippen molar-refractivity contribution in [1.82, 2.24) is 0 Å². The molecule has 1 atom stereocenters. The first-order valence-corrected chi connectivity index (χ1v) is 5.84. The molecule has 0 heterocycles. The Morgan fingerprint density at radius 2 is 2.14 bits per heavy atom. The average Bonchev–Trinajstić information content (AvgIpc) is 2.02. The average molecular weight is 217 g/mol. The molecule has 14 heavy (non-hydrogen) atoms. The SMILES string of the molecule is CC(C)(C#N)CCCS(=O)CC(=O)O. The van der Waals surface area contributed by atoms with Gasteiger partial charge in [-0.2, -0.15) is 5.26 Å². The first-order valence-electron chi connectivity index (χ1n) is 4.35. The number of hydrogen-bond donors (Lipinski definition) is 1. The predicted octanol–water partition coefficient (Wildman–Crippen LogP) is 1.15. The fourth-order valence-electron chi connectivity index (χ4n) is 0.941. The van der Waals surface area contributed by atoms with Gasteiger partial charge in [-0.25, -0.2) is 0 Å². The van der Waals surface area contributed by atoms with Gasteiger partial charge in [0.2, 0.25) is 0 Å². The van der Waals surface area contributed by atoms with Crippen LogP contribution in [0.25, 0.3) is 0 Å². The van der Waals surface area contributed by atoms with Crippen LogP contribution < -0.4 is 0 Å². The molecule has 0 spiro atoms. The minimum Gasteiger partial charge on any atom is -0.481 e. The molecule has 0 aliphatic carbocycles. The quantitative estimate of drug-likeness (QED) is 0.724. The van der Waals surface area contributed by atoms with Crippen LogP contribution in [-0.2, 0) is 15.6 Å². The second kappa shape index (κ2) is 5.76. The summed E-state index contributed by atoms with van der Waals surface area (Å²) in [7, 11) is -1.30. The molecule has 80 valence electrons. The van der Waals surface area contributed by atoms with E-state index in [2.05, 4.69) is 6.07 Å². The minimum atomic E-state index is -1.30. The summed E-state index contributed by atoms with van der Waals surface area (Å²) in [6, 6.07) is 2.14. The molecule has 0 saturated carbocycles. The lowest BCUT2D eigenvalue weighted by Crippen LogP contribution is -2.14. The molecular formula is C9H15NO3S. The molecule has 0 aromatic rings. The zero-order valence-electron chi connectivity index (χ0n) is 8.45. The molecule has 5 heteroatoms. The highest BCUT2D eigenvalue weighted by Crippen LogP contribution is 2.20. The van der Waals surface area contributed by atoms with Crippen LogP contribution in [-0.4, -0.2) is 26.8 Å². The molecule has 0 aliphatic heterocycles. The summed E-state index contributed by atoms with van der Waals surface area (Å²) >= 11 is 0. The maximum atomic E-state index is 11.1. The fraction of sp³-hybridized carbons (Fsp3) is 0.778. The van der Waals surface area contributed by atoms with Crippen molar-refractivity contribution in [2.45, 2.75) is 26.7 Å². The number of carboxylic acids is 1. The third-order valence-corrected chi connectivity index (χ3v) is 3.07. The van der Waals surface area contributed by atoms with Gasteiger partial charge in [0.1, 0.15) is 5.75 Å². The normalized spacial score (nSPS) is 13.2.